The van der Waals surface area contributed by atoms with Crippen LogP contribution in [0.1, 0.15) is 25.8 Å². The van der Waals surface area contributed by atoms with Crippen molar-refractivity contribution >= 4 is 56.8 Å². The number of nitrogens with zero attached hydrogens (tertiary/aromatic N) is 2. The monoisotopic (exact) mass is 628 g/mol. The number of alkyl halides is 1. The second-order valence-corrected chi connectivity index (χ2v) is 13.5. The average molecular weight is 630 g/mol. The lowest BCUT2D eigenvalue weighted by Gasteiger charge is -2.37. The lowest BCUT2D eigenvalue weighted by atomic mass is 9.70. The summed E-state index contributed by atoms with van der Waals surface area (Å²) in [5.74, 6) is -1.89. The Labute approximate surface area is 248 Å². The van der Waals surface area contributed by atoms with Crippen molar-refractivity contribution in [1.29, 1.82) is 0 Å². The fourth-order valence-corrected chi connectivity index (χ4v) is 10.5. The molecule has 3 unspecified atom stereocenters. The number of hydrogen-bond acceptors (Lipinski definition) is 6. The maximum Gasteiger partial charge on any atom is 0.248 e. The van der Waals surface area contributed by atoms with Crippen LogP contribution in [0.25, 0.3) is 0 Å². The number of halogens is 1. The van der Waals surface area contributed by atoms with Gasteiger partial charge in [-0.3, -0.25) is 14.4 Å². The Kier molecular flexibility index (Phi) is 8.50. The molecule has 2 bridgehead atoms. The van der Waals surface area contributed by atoms with Crippen molar-refractivity contribution in [2.24, 2.45) is 11.8 Å². The molecule has 0 aromatic heterocycles. The average Bonchev–Trinajstić information content (AvgIpc) is 3.56. The summed E-state index contributed by atoms with van der Waals surface area (Å²) in [5, 5.41) is 16.3. The maximum atomic E-state index is 14.3. The number of likely N-dealkylation sites (tertiary alicyclic amines) is 1. The van der Waals surface area contributed by atoms with Gasteiger partial charge in [-0.15, -0.1) is 11.8 Å². The number of rotatable bonds is 10. The summed E-state index contributed by atoms with van der Waals surface area (Å²) in [6, 6.07) is 16.0. The molecule has 3 amide bonds. The molecule has 3 saturated heterocycles. The molecule has 40 heavy (non-hydrogen) atoms. The molecule has 5 rings (SSSR count). The van der Waals surface area contributed by atoms with E-state index in [0.717, 1.165) is 24.3 Å². The minimum atomic E-state index is -0.835. The molecule has 0 saturated carbocycles. The fourth-order valence-electron chi connectivity index (χ4n) is 6.92. The molecule has 3 fully saturated rings. The van der Waals surface area contributed by atoms with E-state index < -0.39 is 28.7 Å². The van der Waals surface area contributed by atoms with Crippen molar-refractivity contribution in [2.45, 2.75) is 53.6 Å². The first-order valence-corrected chi connectivity index (χ1v) is 15.7. The van der Waals surface area contributed by atoms with Crippen molar-refractivity contribution in [2.75, 3.05) is 37.0 Å². The van der Waals surface area contributed by atoms with Gasteiger partial charge in [-0.2, -0.15) is 0 Å². The molecule has 214 valence electrons. The number of benzene rings is 2. The van der Waals surface area contributed by atoms with Crippen LogP contribution in [0.15, 0.2) is 54.6 Å². The van der Waals surface area contributed by atoms with Crippen LogP contribution in [0.5, 0.6) is 0 Å². The van der Waals surface area contributed by atoms with Crippen LogP contribution < -0.4 is 15.5 Å². The van der Waals surface area contributed by atoms with Gasteiger partial charge in [0.05, 0.1) is 29.2 Å². The van der Waals surface area contributed by atoms with Crippen LogP contribution in [0, 0.1) is 11.8 Å². The van der Waals surface area contributed by atoms with E-state index in [0.29, 0.717) is 18.5 Å². The van der Waals surface area contributed by atoms with Crippen LogP contribution >= 0.6 is 27.7 Å². The van der Waals surface area contributed by atoms with E-state index in [1.807, 2.05) is 54.6 Å². The van der Waals surface area contributed by atoms with Crippen molar-refractivity contribution < 1.29 is 19.5 Å². The summed E-state index contributed by atoms with van der Waals surface area (Å²) < 4.78 is -0.775. The predicted octanol–water partition coefficient (Wildman–Crippen LogP) is 3.29. The highest BCUT2D eigenvalue weighted by Gasteiger charge is 2.76. The third-order valence-electron chi connectivity index (χ3n) is 8.71. The molecule has 10 heteroatoms. The highest BCUT2D eigenvalue weighted by atomic mass is 79.9. The van der Waals surface area contributed by atoms with Crippen molar-refractivity contribution in [3.63, 3.8) is 0 Å². The Morgan fingerprint density at radius 1 is 1.12 bits per heavy atom. The van der Waals surface area contributed by atoms with Crippen LogP contribution in [0.2, 0.25) is 0 Å². The van der Waals surface area contributed by atoms with Crippen molar-refractivity contribution in [3.8, 4) is 0 Å². The van der Waals surface area contributed by atoms with Gasteiger partial charge in [0.15, 0.2) is 0 Å². The second kappa shape index (κ2) is 11.7. The molecular weight excluding hydrogens is 592 g/mol. The SMILES string of the molecule is CCN(CC)c1ccc(NC(=O)C2N([C@@H](CO)Cc3ccccc3)C(=O)[C@@H]3[C@@H](C(=O)NC)[C@@H]4SC23CC4Br)cc1. The number of hydrogen-bond donors (Lipinski definition) is 3. The van der Waals surface area contributed by atoms with E-state index >= 15 is 0 Å². The number of nitrogens with one attached hydrogen (secondary N) is 2. The quantitative estimate of drug-likeness (QED) is 0.349. The number of carbonyl (C=O) groups excluding carboxylic acids is 3. The van der Waals surface area contributed by atoms with Crippen LogP contribution in [0.3, 0.4) is 0 Å². The van der Waals surface area contributed by atoms with E-state index in [1.54, 1.807) is 23.7 Å². The molecule has 2 aromatic carbocycles. The van der Waals surface area contributed by atoms with Crippen LogP contribution in [-0.4, -0.2) is 81.4 Å². The molecule has 0 aliphatic carbocycles. The van der Waals surface area contributed by atoms with Gasteiger partial charge in [0.25, 0.3) is 0 Å². The van der Waals surface area contributed by atoms with E-state index in [1.165, 1.54) is 0 Å². The van der Waals surface area contributed by atoms with E-state index in [9.17, 15) is 19.5 Å². The van der Waals surface area contributed by atoms with Gasteiger partial charge in [-0.25, -0.2) is 0 Å². The summed E-state index contributed by atoms with van der Waals surface area (Å²) in [7, 11) is 1.59. The molecule has 3 aliphatic heterocycles. The summed E-state index contributed by atoms with van der Waals surface area (Å²) in [4.78, 5) is 45.4. The molecule has 3 N–H and O–H groups in total. The van der Waals surface area contributed by atoms with E-state index in [4.69, 9.17) is 0 Å². The van der Waals surface area contributed by atoms with Gasteiger partial charge in [0.2, 0.25) is 17.7 Å². The van der Waals surface area contributed by atoms with Crippen LogP contribution in [-0.2, 0) is 20.8 Å². The zero-order valence-electron chi connectivity index (χ0n) is 23.0. The first kappa shape index (κ1) is 29.0. The Hall–Kier alpha value is -2.56. The zero-order valence-corrected chi connectivity index (χ0v) is 25.5. The molecule has 8 nitrogen and oxygen atoms in total. The largest absolute Gasteiger partial charge is 0.394 e. The summed E-state index contributed by atoms with van der Waals surface area (Å²) in [6.45, 7) is 5.68. The number of anilines is 2. The van der Waals surface area contributed by atoms with E-state index in [2.05, 4.69) is 45.3 Å². The lowest BCUT2D eigenvalue weighted by Crippen LogP contribution is -2.55. The van der Waals surface area contributed by atoms with Crippen LogP contribution in [0.4, 0.5) is 11.4 Å². The Balaban J connectivity index is 1.51. The van der Waals surface area contributed by atoms with E-state index in [-0.39, 0.29) is 34.4 Å². The molecule has 1 spiro atoms. The number of thioether (sulfide) groups is 1. The smallest absolute Gasteiger partial charge is 0.248 e. The summed E-state index contributed by atoms with van der Waals surface area (Å²) >= 11 is 5.37. The zero-order chi connectivity index (χ0) is 28.6. The molecular formula is C30H37BrN4O4S. The first-order chi connectivity index (χ1) is 19.3. The van der Waals surface area contributed by atoms with Crippen molar-refractivity contribution in [3.05, 3.63) is 60.2 Å². The molecule has 2 aromatic rings. The van der Waals surface area contributed by atoms with Gasteiger partial charge < -0.3 is 25.5 Å². The predicted molar refractivity (Wildman–Crippen MR) is 163 cm³/mol. The third-order valence-corrected chi connectivity index (χ3v) is 11.9. The van der Waals surface area contributed by atoms with Gasteiger partial charge in [-0.05, 0) is 56.5 Å². The number of amides is 3. The first-order valence-electron chi connectivity index (χ1n) is 14.0. The Morgan fingerprint density at radius 3 is 2.40 bits per heavy atom. The Bertz CT molecular complexity index is 1240. The third kappa shape index (κ3) is 4.81. The minimum absolute atomic E-state index is 0.00541. The number of carbonyl (C=O) groups is 3. The van der Waals surface area contributed by atoms with Gasteiger partial charge in [0, 0.05) is 41.6 Å². The normalized spacial score (nSPS) is 29.3. The standard InChI is InChI=1S/C30H37BrN4O4S/c1-4-34(5-2)20-13-11-19(12-14-20)33-28(38)26-30-16-22(31)25(40-30)23(27(37)32-3)24(30)29(39)35(26)21(17-36)15-18-9-7-6-8-10-18/h6-14,21-26,36H,4-5,15-17H2,1-3H3,(H,32,37)(H,33,38)/t21-,22?,23-,24+,25-,26?,30?/m1/s1. The number of fused-ring (bicyclic) bond motifs is 1. The topological polar surface area (TPSA) is 102 Å². The molecule has 0 radical (unpaired) electrons. The number of aliphatic hydroxyl groups is 1. The Morgan fingerprint density at radius 2 is 1.80 bits per heavy atom. The van der Waals surface area contributed by atoms with Gasteiger partial charge in [-0.1, -0.05) is 46.3 Å². The maximum absolute atomic E-state index is 14.3. The van der Waals surface area contributed by atoms with Crippen molar-refractivity contribution in [1.82, 2.24) is 10.2 Å². The highest BCUT2D eigenvalue weighted by molar-refractivity contribution is 9.09. The summed E-state index contributed by atoms with van der Waals surface area (Å²) in [5.41, 5.74) is 2.68. The molecule has 3 aliphatic rings. The van der Waals surface area contributed by atoms with Gasteiger partial charge in [0.1, 0.15) is 6.04 Å². The second-order valence-electron chi connectivity index (χ2n) is 10.8. The molecule has 3 heterocycles. The van der Waals surface area contributed by atoms with Gasteiger partial charge >= 0.3 is 0 Å². The lowest BCUT2D eigenvalue weighted by molar-refractivity contribution is -0.141. The minimum Gasteiger partial charge on any atom is -0.394 e. The molecule has 7 atom stereocenters. The summed E-state index contributed by atoms with van der Waals surface area (Å²) in [6.07, 6.45) is 0.996. The highest BCUT2D eigenvalue weighted by Crippen LogP contribution is 2.68. The number of aliphatic hydroxyl groups excluding tert-OH is 1. The fraction of sp³-hybridized carbons (Fsp3) is 0.500.